The van der Waals surface area contributed by atoms with Crippen LogP contribution in [0.25, 0.3) is 0 Å². The van der Waals surface area contributed by atoms with E-state index in [1.165, 1.54) is 6.07 Å². The second-order valence-corrected chi connectivity index (χ2v) is 5.57. The number of carbonyl (C=O) groups is 1. The van der Waals surface area contributed by atoms with Crippen LogP contribution in [0, 0.1) is 17.0 Å². The van der Waals surface area contributed by atoms with E-state index in [0.717, 1.165) is 5.56 Å². The van der Waals surface area contributed by atoms with Gasteiger partial charge in [-0.05, 0) is 46.6 Å². The first-order valence-corrected chi connectivity index (χ1v) is 7.07. The average molecular weight is 370 g/mol. The molecule has 0 atom stereocenters. The maximum absolute atomic E-state index is 12.2. The minimum Gasteiger partial charge on any atom is -0.316 e. The molecular formula is C14H10BrClN2O3. The normalized spacial score (nSPS) is 10.2. The highest BCUT2D eigenvalue weighted by Gasteiger charge is 2.18. The first-order valence-electron chi connectivity index (χ1n) is 5.90. The van der Waals surface area contributed by atoms with Crippen LogP contribution in [0.5, 0.6) is 0 Å². The van der Waals surface area contributed by atoms with Crippen LogP contribution in [0.4, 0.5) is 11.4 Å². The van der Waals surface area contributed by atoms with Crippen molar-refractivity contribution in [3.8, 4) is 0 Å². The topological polar surface area (TPSA) is 72.2 Å². The third-order valence-corrected chi connectivity index (χ3v) is 4.09. The lowest BCUT2D eigenvalue weighted by Crippen LogP contribution is -2.14. The van der Waals surface area contributed by atoms with Crippen molar-refractivity contribution >= 4 is 44.8 Å². The Morgan fingerprint density at radius 1 is 1.33 bits per heavy atom. The fraction of sp³-hybridized carbons (Fsp3) is 0.0714. The molecule has 0 spiro atoms. The minimum atomic E-state index is -0.544. The van der Waals surface area contributed by atoms with Gasteiger partial charge in [-0.1, -0.05) is 23.7 Å². The highest BCUT2D eigenvalue weighted by molar-refractivity contribution is 9.10. The van der Waals surface area contributed by atoms with Gasteiger partial charge in [-0.25, -0.2) is 0 Å². The number of hydrogen-bond acceptors (Lipinski definition) is 3. The number of nitrogens with one attached hydrogen (secondary N) is 1. The van der Waals surface area contributed by atoms with Gasteiger partial charge in [-0.2, -0.15) is 0 Å². The van der Waals surface area contributed by atoms with Crippen LogP contribution in [0.3, 0.4) is 0 Å². The number of amides is 1. The lowest BCUT2D eigenvalue weighted by molar-refractivity contribution is -0.383. The highest BCUT2D eigenvalue weighted by atomic mass is 79.9. The van der Waals surface area contributed by atoms with Gasteiger partial charge in [0, 0.05) is 10.5 Å². The molecule has 2 rings (SSSR count). The number of nitrogens with zero attached hydrogens (tertiary/aromatic N) is 1. The quantitative estimate of drug-likeness (QED) is 0.636. The van der Waals surface area contributed by atoms with Crippen molar-refractivity contribution < 1.29 is 9.72 Å². The van der Waals surface area contributed by atoms with Crippen molar-refractivity contribution in [3.63, 3.8) is 0 Å². The summed E-state index contributed by atoms with van der Waals surface area (Å²) in [6, 6.07) is 9.42. The summed E-state index contributed by atoms with van der Waals surface area (Å²) >= 11 is 9.28. The summed E-state index contributed by atoms with van der Waals surface area (Å²) < 4.78 is 0.579. The Morgan fingerprint density at radius 2 is 2.05 bits per heavy atom. The van der Waals surface area contributed by atoms with Crippen molar-refractivity contribution in [3.05, 3.63) is 67.1 Å². The van der Waals surface area contributed by atoms with E-state index in [9.17, 15) is 14.9 Å². The number of nitro groups is 1. The molecule has 0 fully saturated rings. The summed E-state index contributed by atoms with van der Waals surface area (Å²) in [5.41, 5.74) is 1.01. The third kappa shape index (κ3) is 3.40. The van der Waals surface area contributed by atoms with E-state index < -0.39 is 10.8 Å². The Bertz CT molecular complexity index is 734. The molecule has 0 aromatic heterocycles. The zero-order chi connectivity index (χ0) is 15.6. The van der Waals surface area contributed by atoms with Crippen molar-refractivity contribution in [2.45, 2.75) is 6.92 Å². The number of halogens is 2. The van der Waals surface area contributed by atoms with Crippen LogP contribution < -0.4 is 5.32 Å². The molecule has 0 heterocycles. The van der Waals surface area contributed by atoms with Gasteiger partial charge in [0.05, 0.1) is 15.5 Å². The van der Waals surface area contributed by atoms with E-state index >= 15 is 0 Å². The van der Waals surface area contributed by atoms with Gasteiger partial charge in [0.2, 0.25) is 0 Å². The predicted octanol–water partition coefficient (Wildman–Crippen LogP) is 4.57. The summed E-state index contributed by atoms with van der Waals surface area (Å²) in [4.78, 5) is 22.7. The van der Waals surface area contributed by atoms with Gasteiger partial charge in [0.1, 0.15) is 5.69 Å². The number of nitro benzene ring substituents is 1. The maximum Gasteiger partial charge on any atom is 0.292 e. The van der Waals surface area contributed by atoms with E-state index in [1.807, 2.05) is 0 Å². The number of benzene rings is 2. The number of aryl methyl sites for hydroxylation is 1. The van der Waals surface area contributed by atoms with Crippen LogP contribution in [-0.2, 0) is 0 Å². The molecule has 21 heavy (non-hydrogen) atoms. The maximum atomic E-state index is 12.2. The Balaban J connectivity index is 2.38. The van der Waals surface area contributed by atoms with Gasteiger partial charge in [-0.3, -0.25) is 14.9 Å². The Kier molecular flexibility index (Phi) is 4.59. The zero-order valence-corrected chi connectivity index (χ0v) is 13.2. The van der Waals surface area contributed by atoms with Crippen LogP contribution in [-0.4, -0.2) is 10.8 Å². The van der Waals surface area contributed by atoms with Gasteiger partial charge < -0.3 is 5.32 Å². The van der Waals surface area contributed by atoms with Crippen molar-refractivity contribution in [2.24, 2.45) is 0 Å². The summed E-state index contributed by atoms with van der Waals surface area (Å²) in [6.07, 6.45) is 0. The van der Waals surface area contributed by atoms with E-state index in [0.29, 0.717) is 4.47 Å². The van der Waals surface area contributed by atoms with Crippen LogP contribution in [0.1, 0.15) is 15.9 Å². The smallest absolute Gasteiger partial charge is 0.292 e. The molecule has 5 nitrogen and oxygen atoms in total. The SMILES string of the molecule is Cc1ccc([N+](=O)[O-])c(NC(=O)c2cccc(Br)c2Cl)c1. The molecule has 0 radical (unpaired) electrons. The van der Waals surface area contributed by atoms with Crippen molar-refractivity contribution in [1.29, 1.82) is 0 Å². The van der Waals surface area contributed by atoms with E-state index in [2.05, 4.69) is 21.2 Å². The molecule has 2 aromatic carbocycles. The lowest BCUT2D eigenvalue weighted by atomic mass is 10.1. The second-order valence-electron chi connectivity index (χ2n) is 4.33. The average Bonchev–Trinajstić information content (AvgIpc) is 2.41. The van der Waals surface area contributed by atoms with Crippen molar-refractivity contribution in [1.82, 2.24) is 0 Å². The van der Waals surface area contributed by atoms with E-state index in [-0.39, 0.29) is 22.0 Å². The Morgan fingerprint density at radius 3 is 2.71 bits per heavy atom. The fourth-order valence-corrected chi connectivity index (χ4v) is 2.36. The first kappa shape index (κ1) is 15.5. The van der Waals surface area contributed by atoms with E-state index in [1.54, 1.807) is 37.3 Å². The molecule has 2 aromatic rings. The van der Waals surface area contributed by atoms with Gasteiger partial charge in [0.15, 0.2) is 0 Å². The standard InChI is InChI=1S/C14H10BrClN2O3/c1-8-5-6-12(18(20)21)11(7-8)17-14(19)9-3-2-4-10(15)13(9)16/h2-7H,1H3,(H,17,19). The predicted molar refractivity (Wildman–Crippen MR) is 84.9 cm³/mol. The molecular weight excluding hydrogens is 360 g/mol. The molecule has 0 saturated heterocycles. The van der Waals surface area contributed by atoms with Gasteiger partial charge >= 0.3 is 0 Å². The monoisotopic (exact) mass is 368 g/mol. The first-order chi connectivity index (χ1) is 9.90. The summed E-state index contributed by atoms with van der Waals surface area (Å²) in [7, 11) is 0. The summed E-state index contributed by atoms with van der Waals surface area (Å²) in [6.45, 7) is 1.78. The molecule has 108 valence electrons. The van der Waals surface area contributed by atoms with Crippen LogP contribution >= 0.6 is 27.5 Å². The number of carbonyl (C=O) groups excluding carboxylic acids is 1. The number of rotatable bonds is 3. The molecule has 0 aliphatic heterocycles. The third-order valence-electron chi connectivity index (χ3n) is 2.79. The highest BCUT2D eigenvalue weighted by Crippen LogP contribution is 2.29. The molecule has 1 N–H and O–H groups in total. The lowest BCUT2D eigenvalue weighted by Gasteiger charge is -2.09. The largest absolute Gasteiger partial charge is 0.316 e. The molecule has 0 saturated carbocycles. The minimum absolute atomic E-state index is 0.140. The van der Waals surface area contributed by atoms with Crippen LogP contribution in [0.2, 0.25) is 5.02 Å². The molecule has 0 aliphatic carbocycles. The molecule has 0 aliphatic rings. The molecule has 0 unspecified atom stereocenters. The zero-order valence-electron chi connectivity index (χ0n) is 10.9. The molecule has 7 heteroatoms. The Labute approximate surface area is 134 Å². The number of hydrogen-bond donors (Lipinski definition) is 1. The molecule has 0 bridgehead atoms. The van der Waals surface area contributed by atoms with Gasteiger partial charge in [0.25, 0.3) is 11.6 Å². The number of anilines is 1. The molecule has 1 amide bonds. The second kappa shape index (κ2) is 6.24. The summed E-state index contributed by atoms with van der Waals surface area (Å²) in [5, 5.41) is 13.8. The summed E-state index contributed by atoms with van der Waals surface area (Å²) in [5.74, 6) is -0.505. The van der Waals surface area contributed by atoms with Crippen LogP contribution in [0.15, 0.2) is 40.9 Å². The Hall–Kier alpha value is -1.92. The fourth-order valence-electron chi connectivity index (χ4n) is 1.78. The van der Waals surface area contributed by atoms with Gasteiger partial charge in [-0.15, -0.1) is 0 Å². The van der Waals surface area contributed by atoms with E-state index in [4.69, 9.17) is 11.6 Å². The van der Waals surface area contributed by atoms with Crippen molar-refractivity contribution in [2.75, 3.05) is 5.32 Å².